The topological polar surface area (TPSA) is 50.2 Å². The first-order chi connectivity index (χ1) is 8.51. The summed E-state index contributed by atoms with van der Waals surface area (Å²) in [5, 5.41) is 10.3. The predicted octanol–water partition coefficient (Wildman–Crippen LogP) is 3.06. The molecule has 18 heavy (non-hydrogen) atoms. The van der Waals surface area contributed by atoms with E-state index in [1.54, 1.807) is 6.20 Å². The number of benzene rings is 1. The van der Waals surface area contributed by atoms with Crippen molar-refractivity contribution in [1.82, 2.24) is 4.98 Å². The molecule has 2 atom stereocenters. The highest BCUT2D eigenvalue weighted by Crippen LogP contribution is 2.64. The molecule has 1 aliphatic rings. The van der Waals surface area contributed by atoms with Gasteiger partial charge in [0.15, 0.2) is 0 Å². The second-order valence-corrected chi connectivity index (χ2v) is 5.57. The minimum atomic E-state index is -0.703. The quantitative estimate of drug-likeness (QED) is 0.879. The molecular weight excluding hydrogens is 226 g/mol. The summed E-state index contributed by atoms with van der Waals surface area (Å²) in [4.78, 5) is 15.5. The van der Waals surface area contributed by atoms with Gasteiger partial charge >= 0.3 is 5.97 Å². The fraction of sp³-hybridized carbons (Fsp3) is 0.333. The van der Waals surface area contributed by atoms with Crippen LogP contribution < -0.4 is 0 Å². The lowest BCUT2D eigenvalue weighted by atomic mass is 10.0. The largest absolute Gasteiger partial charge is 0.481 e. The van der Waals surface area contributed by atoms with Gasteiger partial charge in [0.05, 0.1) is 11.4 Å². The van der Waals surface area contributed by atoms with E-state index >= 15 is 0 Å². The minimum absolute atomic E-state index is 0.0985. The third kappa shape index (κ3) is 1.50. The van der Waals surface area contributed by atoms with E-state index in [1.165, 1.54) is 0 Å². The van der Waals surface area contributed by atoms with Crippen LogP contribution in [-0.4, -0.2) is 16.1 Å². The summed E-state index contributed by atoms with van der Waals surface area (Å²) in [7, 11) is 0. The number of nitrogens with zero attached hydrogens (tertiary/aromatic N) is 1. The molecule has 3 rings (SSSR count). The van der Waals surface area contributed by atoms with Crippen molar-refractivity contribution < 1.29 is 9.90 Å². The lowest BCUT2D eigenvalue weighted by Gasteiger charge is -2.04. The normalized spacial score (nSPS) is 25.0. The van der Waals surface area contributed by atoms with Crippen LogP contribution in [0.3, 0.4) is 0 Å². The first-order valence-corrected chi connectivity index (χ1v) is 6.09. The molecule has 0 amide bonds. The molecule has 1 heterocycles. The maximum atomic E-state index is 11.2. The number of aromatic nitrogens is 1. The summed E-state index contributed by atoms with van der Waals surface area (Å²) >= 11 is 0. The van der Waals surface area contributed by atoms with Gasteiger partial charge in [-0.3, -0.25) is 9.78 Å². The van der Waals surface area contributed by atoms with Crippen molar-refractivity contribution in [1.29, 1.82) is 0 Å². The molecular formula is C15H15NO2. The molecule has 1 N–H and O–H groups in total. The average Bonchev–Trinajstić information content (AvgIpc) is 2.92. The summed E-state index contributed by atoms with van der Waals surface area (Å²) in [5.74, 6) is -0.883. The van der Waals surface area contributed by atoms with E-state index in [2.05, 4.69) is 4.98 Å². The van der Waals surface area contributed by atoms with Gasteiger partial charge in [0.1, 0.15) is 0 Å². The van der Waals surface area contributed by atoms with Gasteiger partial charge in [0.25, 0.3) is 0 Å². The van der Waals surface area contributed by atoms with E-state index in [9.17, 15) is 9.90 Å². The Labute approximate surface area is 105 Å². The number of pyridine rings is 1. The highest BCUT2D eigenvalue weighted by Gasteiger charge is 2.62. The zero-order valence-electron chi connectivity index (χ0n) is 10.4. The molecule has 1 aromatic carbocycles. The van der Waals surface area contributed by atoms with Crippen LogP contribution in [0.15, 0.2) is 36.5 Å². The molecule has 1 saturated carbocycles. The molecule has 0 bridgehead atoms. The van der Waals surface area contributed by atoms with Gasteiger partial charge in [-0.05, 0) is 23.1 Å². The van der Waals surface area contributed by atoms with E-state index in [0.29, 0.717) is 0 Å². The SMILES string of the molecule is CC1(C)C(C(=O)O)C1c1ccc2cccnc2c1. The van der Waals surface area contributed by atoms with E-state index in [4.69, 9.17) is 0 Å². The Morgan fingerprint density at radius 2 is 2.11 bits per heavy atom. The molecule has 1 aromatic heterocycles. The fourth-order valence-electron chi connectivity index (χ4n) is 3.00. The average molecular weight is 241 g/mol. The number of carboxylic acids is 1. The van der Waals surface area contributed by atoms with Gasteiger partial charge < -0.3 is 5.11 Å². The fourth-order valence-corrected chi connectivity index (χ4v) is 3.00. The standard InChI is InChI=1S/C15H15NO2/c1-15(2)12(13(15)14(17)18)10-6-5-9-4-3-7-16-11(9)8-10/h3-8,12-13H,1-2H3,(H,17,18). The summed E-state index contributed by atoms with van der Waals surface area (Å²) in [5.41, 5.74) is 1.86. The number of carbonyl (C=O) groups is 1. The lowest BCUT2D eigenvalue weighted by Crippen LogP contribution is -2.03. The molecule has 1 fully saturated rings. The van der Waals surface area contributed by atoms with Crippen LogP contribution in [0.25, 0.3) is 10.9 Å². The van der Waals surface area contributed by atoms with Crippen LogP contribution in [0.1, 0.15) is 25.3 Å². The van der Waals surface area contributed by atoms with Gasteiger partial charge in [0.2, 0.25) is 0 Å². The summed E-state index contributed by atoms with van der Waals surface area (Å²) in [6, 6.07) is 9.98. The Morgan fingerprint density at radius 3 is 2.78 bits per heavy atom. The number of fused-ring (bicyclic) bond motifs is 1. The van der Waals surface area contributed by atoms with Gasteiger partial charge in [0, 0.05) is 17.5 Å². The Balaban J connectivity index is 2.04. The van der Waals surface area contributed by atoms with Crippen LogP contribution in [0, 0.1) is 11.3 Å². The van der Waals surface area contributed by atoms with E-state index < -0.39 is 5.97 Å². The number of aliphatic carboxylic acids is 1. The number of rotatable bonds is 2. The molecule has 2 unspecified atom stereocenters. The predicted molar refractivity (Wildman–Crippen MR) is 69.4 cm³/mol. The Kier molecular flexibility index (Phi) is 2.21. The number of hydrogen-bond donors (Lipinski definition) is 1. The Hall–Kier alpha value is -1.90. The van der Waals surface area contributed by atoms with Crippen molar-refractivity contribution in [2.75, 3.05) is 0 Å². The first kappa shape index (κ1) is 11.2. The molecule has 1 aliphatic carbocycles. The zero-order valence-corrected chi connectivity index (χ0v) is 10.4. The molecule has 0 aliphatic heterocycles. The molecule has 0 saturated heterocycles. The van der Waals surface area contributed by atoms with Crippen molar-refractivity contribution >= 4 is 16.9 Å². The Morgan fingerprint density at radius 1 is 1.33 bits per heavy atom. The van der Waals surface area contributed by atoms with Crippen LogP contribution in [0.2, 0.25) is 0 Å². The van der Waals surface area contributed by atoms with E-state index in [0.717, 1.165) is 16.5 Å². The molecule has 0 radical (unpaired) electrons. The monoisotopic (exact) mass is 241 g/mol. The van der Waals surface area contributed by atoms with Gasteiger partial charge in [-0.2, -0.15) is 0 Å². The first-order valence-electron chi connectivity index (χ1n) is 6.09. The third-order valence-corrected chi connectivity index (χ3v) is 4.08. The highest BCUT2D eigenvalue weighted by molar-refractivity contribution is 5.81. The molecule has 2 aromatic rings. The second kappa shape index (κ2) is 3.55. The summed E-state index contributed by atoms with van der Waals surface area (Å²) in [6.07, 6.45) is 1.76. The third-order valence-electron chi connectivity index (χ3n) is 4.08. The van der Waals surface area contributed by atoms with E-state index in [1.807, 2.05) is 44.2 Å². The number of hydrogen-bond acceptors (Lipinski definition) is 2. The van der Waals surface area contributed by atoms with Crippen LogP contribution in [0.5, 0.6) is 0 Å². The van der Waals surface area contributed by atoms with Crippen molar-refractivity contribution in [2.45, 2.75) is 19.8 Å². The lowest BCUT2D eigenvalue weighted by molar-refractivity contribution is -0.139. The Bertz CT molecular complexity index is 633. The zero-order chi connectivity index (χ0) is 12.9. The molecule has 0 spiro atoms. The summed E-state index contributed by atoms with van der Waals surface area (Å²) < 4.78 is 0. The van der Waals surface area contributed by atoms with Gasteiger partial charge in [-0.15, -0.1) is 0 Å². The molecule has 92 valence electrons. The van der Waals surface area contributed by atoms with Crippen molar-refractivity contribution in [2.24, 2.45) is 11.3 Å². The highest BCUT2D eigenvalue weighted by atomic mass is 16.4. The van der Waals surface area contributed by atoms with Crippen LogP contribution >= 0.6 is 0 Å². The van der Waals surface area contributed by atoms with Crippen LogP contribution in [0.4, 0.5) is 0 Å². The maximum Gasteiger partial charge on any atom is 0.307 e. The smallest absolute Gasteiger partial charge is 0.307 e. The minimum Gasteiger partial charge on any atom is -0.481 e. The van der Waals surface area contributed by atoms with Gasteiger partial charge in [-0.1, -0.05) is 32.0 Å². The molecule has 3 nitrogen and oxygen atoms in total. The van der Waals surface area contributed by atoms with Gasteiger partial charge in [-0.25, -0.2) is 0 Å². The van der Waals surface area contributed by atoms with Crippen LogP contribution in [-0.2, 0) is 4.79 Å². The second-order valence-electron chi connectivity index (χ2n) is 5.57. The maximum absolute atomic E-state index is 11.2. The van der Waals surface area contributed by atoms with Crippen molar-refractivity contribution in [3.63, 3.8) is 0 Å². The van der Waals surface area contributed by atoms with Crippen molar-refractivity contribution in [3.8, 4) is 0 Å². The van der Waals surface area contributed by atoms with E-state index in [-0.39, 0.29) is 17.3 Å². The molecule has 3 heteroatoms. The number of carboxylic acid groups (broad SMARTS) is 1. The van der Waals surface area contributed by atoms with Crippen molar-refractivity contribution in [3.05, 3.63) is 42.1 Å². The summed E-state index contributed by atoms with van der Waals surface area (Å²) in [6.45, 7) is 4.03.